The Morgan fingerprint density at radius 2 is 1.62 bits per heavy atom. The lowest BCUT2D eigenvalue weighted by atomic mass is 10.1. The van der Waals surface area contributed by atoms with Crippen molar-refractivity contribution in [2.75, 3.05) is 0 Å². The van der Waals surface area contributed by atoms with Gasteiger partial charge in [0.1, 0.15) is 5.82 Å². The van der Waals surface area contributed by atoms with Crippen LogP contribution in [0.1, 0.15) is 22.6 Å². The van der Waals surface area contributed by atoms with E-state index in [2.05, 4.69) is 27.1 Å². The van der Waals surface area contributed by atoms with Crippen molar-refractivity contribution < 1.29 is 0 Å². The van der Waals surface area contributed by atoms with Crippen molar-refractivity contribution in [3.8, 4) is 0 Å². The zero-order chi connectivity index (χ0) is 11.4. The average molecular weight is 213 g/mol. The maximum atomic E-state index is 4.37. The Balaban J connectivity index is 1.97. The quantitative estimate of drug-likeness (QED) is 0.785. The molecule has 0 aliphatic carbocycles. The van der Waals surface area contributed by atoms with Gasteiger partial charge in [0.05, 0.1) is 0 Å². The molecule has 0 bridgehead atoms. The van der Waals surface area contributed by atoms with Gasteiger partial charge in [-0.3, -0.25) is 4.98 Å². The molecule has 2 aromatic rings. The Labute approximate surface area is 95.6 Å². The van der Waals surface area contributed by atoms with Gasteiger partial charge in [-0.15, -0.1) is 0 Å². The molecule has 0 unspecified atom stereocenters. The Morgan fingerprint density at radius 3 is 2.25 bits per heavy atom. The summed E-state index contributed by atoms with van der Waals surface area (Å²) >= 11 is 0. The molecule has 0 fully saturated rings. The minimum atomic E-state index is 0.817. The highest BCUT2D eigenvalue weighted by Gasteiger charge is 1.98. The molecule has 2 rings (SSSR count). The molecule has 0 amide bonds. The molecule has 0 N–H and O–H groups in total. The zero-order valence-electron chi connectivity index (χ0n) is 9.64. The fraction of sp³-hybridized carbons (Fsp3) is 0.308. The number of pyridine rings is 1. The second kappa shape index (κ2) is 4.84. The summed E-state index contributed by atoms with van der Waals surface area (Å²) in [6, 6.07) is 4.17. The highest BCUT2D eigenvalue weighted by molar-refractivity contribution is 5.14. The van der Waals surface area contributed by atoms with Gasteiger partial charge in [-0.1, -0.05) is 6.07 Å². The molecular formula is C13H15N3. The van der Waals surface area contributed by atoms with E-state index < -0.39 is 0 Å². The Hall–Kier alpha value is -1.77. The summed E-state index contributed by atoms with van der Waals surface area (Å²) < 4.78 is 0. The molecular weight excluding hydrogens is 198 g/mol. The van der Waals surface area contributed by atoms with Crippen LogP contribution in [0.3, 0.4) is 0 Å². The van der Waals surface area contributed by atoms with E-state index in [-0.39, 0.29) is 0 Å². The highest BCUT2D eigenvalue weighted by Crippen LogP contribution is 2.04. The fourth-order valence-electron chi connectivity index (χ4n) is 1.47. The van der Waals surface area contributed by atoms with Gasteiger partial charge in [0.25, 0.3) is 0 Å². The van der Waals surface area contributed by atoms with Crippen LogP contribution in [0, 0.1) is 13.8 Å². The molecule has 0 aliphatic rings. The number of rotatable bonds is 3. The first-order valence-corrected chi connectivity index (χ1v) is 5.43. The largest absolute Gasteiger partial charge is 0.261 e. The molecule has 2 heterocycles. The molecule has 0 aromatic carbocycles. The molecule has 0 saturated heterocycles. The molecule has 0 radical (unpaired) electrons. The van der Waals surface area contributed by atoms with Crippen LogP contribution in [0.15, 0.2) is 30.7 Å². The first kappa shape index (κ1) is 10.7. The predicted molar refractivity (Wildman–Crippen MR) is 63.2 cm³/mol. The number of nitrogens with zero attached hydrogens (tertiary/aromatic N) is 3. The van der Waals surface area contributed by atoms with Crippen molar-refractivity contribution in [3.05, 3.63) is 53.4 Å². The smallest absolute Gasteiger partial charge is 0.125 e. The predicted octanol–water partition coefficient (Wildman–Crippen LogP) is 2.27. The van der Waals surface area contributed by atoms with E-state index in [1.807, 2.05) is 32.4 Å². The van der Waals surface area contributed by atoms with Crippen LogP contribution >= 0.6 is 0 Å². The zero-order valence-corrected chi connectivity index (χ0v) is 9.64. The maximum absolute atomic E-state index is 4.37. The van der Waals surface area contributed by atoms with Crippen molar-refractivity contribution in [2.24, 2.45) is 0 Å². The molecule has 82 valence electrons. The van der Waals surface area contributed by atoms with Crippen LogP contribution in [-0.2, 0) is 12.8 Å². The second-order valence-corrected chi connectivity index (χ2v) is 3.97. The SMILES string of the molecule is Cc1ccc(CCc2cnc(C)nc2)nc1. The van der Waals surface area contributed by atoms with Gasteiger partial charge in [-0.25, -0.2) is 9.97 Å². The summed E-state index contributed by atoms with van der Waals surface area (Å²) in [7, 11) is 0. The summed E-state index contributed by atoms with van der Waals surface area (Å²) in [5, 5.41) is 0. The van der Waals surface area contributed by atoms with Crippen LogP contribution < -0.4 is 0 Å². The van der Waals surface area contributed by atoms with Crippen LogP contribution in [0.4, 0.5) is 0 Å². The Bertz CT molecular complexity index is 400. The summed E-state index contributed by atoms with van der Waals surface area (Å²) in [4.78, 5) is 12.7. The van der Waals surface area contributed by atoms with Crippen molar-refractivity contribution in [3.63, 3.8) is 0 Å². The average Bonchev–Trinajstić information content (AvgIpc) is 2.30. The van der Waals surface area contributed by atoms with Crippen LogP contribution in [-0.4, -0.2) is 15.0 Å². The van der Waals surface area contributed by atoms with E-state index in [1.165, 1.54) is 5.56 Å². The Morgan fingerprint density at radius 1 is 0.875 bits per heavy atom. The summed E-state index contributed by atoms with van der Waals surface area (Å²) in [5.74, 6) is 0.817. The monoisotopic (exact) mass is 213 g/mol. The third-order valence-corrected chi connectivity index (χ3v) is 2.48. The van der Waals surface area contributed by atoms with E-state index in [0.29, 0.717) is 0 Å². The summed E-state index contributed by atoms with van der Waals surface area (Å²) in [6.07, 6.45) is 7.55. The van der Waals surface area contributed by atoms with E-state index in [4.69, 9.17) is 0 Å². The first-order chi connectivity index (χ1) is 7.74. The molecule has 16 heavy (non-hydrogen) atoms. The lowest BCUT2D eigenvalue weighted by Crippen LogP contribution is -1.97. The third-order valence-electron chi connectivity index (χ3n) is 2.48. The number of hydrogen-bond acceptors (Lipinski definition) is 3. The second-order valence-electron chi connectivity index (χ2n) is 3.97. The minimum Gasteiger partial charge on any atom is -0.261 e. The number of aryl methyl sites for hydroxylation is 4. The van der Waals surface area contributed by atoms with Crippen molar-refractivity contribution in [1.29, 1.82) is 0 Å². The van der Waals surface area contributed by atoms with Crippen LogP contribution in [0.5, 0.6) is 0 Å². The lowest BCUT2D eigenvalue weighted by Gasteiger charge is -2.01. The van der Waals surface area contributed by atoms with Gasteiger partial charge in [0.15, 0.2) is 0 Å². The van der Waals surface area contributed by atoms with E-state index in [1.54, 1.807) is 0 Å². The van der Waals surface area contributed by atoms with Gasteiger partial charge >= 0.3 is 0 Å². The van der Waals surface area contributed by atoms with E-state index in [0.717, 1.165) is 29.9 Å². The van der Waals surface area contributed by atoms with Gasteiger partial charge in [0.2, 0.25) is 0 Å². The topological polar surface area (TPSA) is 38.7 Å². The highest BCUT2D eigenvalue weighted by atomic mass is 14.8. The summed E-state index contributed by atoms with van der Waals surface area (Å²) in [6.45, 7) is 3.94. The Kier molecular flexibility index (Phi) is 3.25. The fourth-order valence-corrected chi connectivity index (χ4v) is 1.47. The van der Waals surface area contributed by atoms with Gasteiger partial charge in [-0.05, 0) is 43.9 Å². The summed E-state index contributed by atoms with van der Waals surface area (Å²) in [5.41, 5.74) is 3.47. The van der Waals surface area contributed by atoms with Gasteiger partial charge in [-0.2, -0.15) is 0 Å². The molecule has 0 aliphatic heterocycles. The van der Waals surface area contributed by atoms with Crippen molar-refractivity contribution in [2.45, 2.75) is 26.7 Å². The van der Waals surface area contributed by atoms with Crippen molar-refractivity contribution in [1.82, 2.24) is 15.0 Å². The first-order valence-electron chi connectivity index (χ1n) is 5.43. The van der Waals surface area contributed by atoms with Gasteiger partial charge < -0.3 is 0 Å². The van der Waals surface area contributed by atoms with Gasteiger partial charge in [0, 0.05) is 24.3 Å². The maximum Gasteiger partial charge on any atom is 0.125 e. The minimum absolute atomic E-state index is 0.817. The van der Waals surface area contributed by atoms with E-state index in [9.17, 15) is 0 Å². The lowest BCUT2D eigenvalue weighted by molar-refractivity contribution is 0.885. The molecule has 3 nitrogen and oxygen atoms in total. The molecule has 0 saturated carbocycles. The molecule has 2 aromatic heterocycles. The number of aromatic nitrogens is 3. The number of hydrogen-bond donors (Lipinski definition) is 0. The van der Waals surface area contributed by atoms with Crippen molar-refractivity contribution >= 4 is 0 Å². The molecule has 0 atom stereocenters. The van der Waals surface area contributed by atoms with Crippen LogP contribution in [0.2, 0.25) is 0 Å². The van der Waals surface area contributed by atoms with E-state index >= 15 is 0 Å². The molecule has 0 spiro atoms. The standard InChI is InChI=1S/C13H15N3/c1-10-3-5-13(16-7-10)6-4-12-8-14-11(2)15-9-12/h3,5,7-9H,4,6H2,1-2H3. The van der Waals surface area contributed by atoms with Crippen LogP contribution in [0.25, 0.3) is 0 Å². The molecule has 3 heteroatoms. The third kappa shape index (κ3) is 2.86. The normalized spacial score (nSPS) is 10.4.